The van der Waals surface area contributed by atoms with Crippen LogP contribution in [0.3, 0.4) is 0 Å². The Kier molecular flexibility index (Phi) is 2.75. The average molecular weight is 344 g/mol. The van der Waals surface area contributed by atoms with Crippen LogP contribution in [0.15, 0.2) is 40.9 Å². The van der Waals surface area contributed by atoms with Crippen molar-refractivity contribution in [2.75, 3.05) is 12.1 Å². The molecule has 0 fully saturated rings. The van der Waals surface area contributed by atoms with E-state index in [2.05, 4.69) is 21.2 Å². The first kappa shape index (κ1) is 12.5. The average Bonchev–Trinajstić information content (AvgIpc) is 3.04. The lowest BCUT2D eigenvalue weighted by atomic mass is 10.0. The second-order valence-corrected chi connectivity index (χ2v) is 5.73. The van der Waals surface area contributed by atoms with Crippen molar-refractivity contribution < 1.29 is 14.3 Å². The summed E-state index contributed by atoms with van der Waals surface area (Å²) in [5.41, 5.74) is 3.27. The van der Waals surface area contributed by atoms with Crippen molar-refractivity contribution in [1.29, 1.82) is 0 Å². The minimum atomic E-state index is -0.0965. The van der Waals surface area contributed by atoms with Gasteiger partial charge >= 0.3 is 0 Å². The molecule has 0 unspecified atom stereocenters. The normalized spacial score (nSPS) is 17.0. The number of amides is 1. The molecule has 0 radical (unpaired) electrons. The maximum absolute atomic E-state index is 12.1. The Labute approximate surface area is 129 Å². The highest BCUT2D eigenvalue weighted by Gasteiger charge is 2.24. The number of hydrogen-bond acceptors (Lipinski definition) is 3. The van der Waals surface area contributed by atoms with Crippen LogP contribution < -0.4 is 14.8 Å². The van der Waals surface area contributed by atoms with Crippen molar-refractivity contribution in [2.45, 2.75) is 0 Å². The first-order valence-corrected chi connectivity index (χ1v) is 7.23. The van der Waals surface area contributed by atoms with E-state index < -0.39 is 0 Å². The van der Waals surface area contributed by atoms with Gasteiger partial charge in [-0.15, -0.1) is 0 Å². The van der Waals surface area contributed by atoms with Crippen LogP contribution in [0.5, 0.6) is 11.5 Å². The summed E-state index contributed by atoms with van der Waals surface area (Å²) in [4.78, 5) is 12.1. The molecule has 4 nitrogen and oxygen atoms in total. The lowest BCUT2D eigenvalue weighted by Crippen LogP contribution is -2.03. The molecule has 2 aliphatic rings. The van der Waals surface area contributed by atoms with Gasteiger partial charge in [-0.1, -0.05) is 22.0 Å². The third-order valence-electron chi connectivity index (χ3n) is 3.47. The van der Waals surface area contributed by atoms with Crippen LogP contribution in [-0.2, 0) is 4.79 Å². The lowest BCUT2D eigenvalue weighted by molar-refractivity contribution is -0.110. The van der Waals surface area contributed by atoms with Crippen LogP contribution in [0.25, 0.3) is 11.6 Å². The molecule has 1 N–H and O–H groups in total. The van der Waals surface area contributed by atoms with Crippen molar-refractivity contribution in [3.05, 3.63) is 52.0 Å². The van der Waals surface area contributed by atoms with E-state index in [1.54, 1.807) is 0 Å². The Hall–Kier alpha value is -2.27. The molecule has 2 aromatic rings. The van der Waals surface area contributed by atoms with E-state index >= 15 is 0 Å². The summed E-state index contributed by atoms with van der Waals surface area (Å²) < 4.78 is 11.6. The fourth-order valence-corrected chi connectivity index (χ4v) is 2.83. The molecule has 0 saturated carbocycles. The molecule has 2 aromatic carbocycles. The van der Waals surface area contributed by atoms with Gasteiger partial charge in [0.1, 0.15) is 0 Å². The van der Waals surface area contributed by atoms with Gasteiger partial charge in [0.05, 0.1) is 0 Å². The highest BCUT2D eigenvalue weighted by atomic mass is 79.9. The quantitative estimate of drug-likeness (QED) is 0.803. The Morgan fingerprint density at radius 1 is 1.10 bits per heavy atom. The summed E-state index contributed by atoms with van der Waals surface area (Å²) in [6.45, 7) is 0.242. The molecule has 0 atom stereocenters. The van der Waals surface area contributed by atoms with Gasteiger partial charge in [0.25, 0.3) is 5.91 Å². The molecule has 0 bridgehead atoms. The molecule has 1 amide bonds. The van der Waals surface area contributed by atoms with Crippen LogP contribution in [0.2, 0.25) is 0 Å². The van der Waals surface area contributed by atoms with E-state index in [9.17, 15) is 4.79 Å². The Morgan fingerprint density at radius 2 is 1.95 bits per heavy atom. The third kappa shape index (κ3) is 2.10. The Morgan fingerprint density at radius 3 is 2.86 bits per heavy atom. The van der Waals surface area contributed by atoms with Gasteiger partial charge in [-0.25, -0.2) is 0 Å². The number of benzene rings is 2. The van der Waals surface area contributed by atoms with Crippen molar-refractivity contribution >= 4 is 39.2 Å². The summed E-state index contributed by atoms with van der Waals surface area (Å²) in [5, 5.41) is 2.86. The number of carbonyl (C=O) groups excluding carboxylic acids is 1. The number of nitrogens with one attached hydrogen (secondary N) is 1. The van der Waals surface area contributed by atoms with Crippen molar-refractivity contribution in [3.8, 4) is 11.5 Å². The summed E-state index contributed by atoms with van der Waals surface area (Å²) in [5.74, 6) is 1.34. The second kappa shape index (κ2) is 4.63. The fourth-order valence-electron chi connectivity index (χ4n) is 2.47. The van der Waals surface area contributed by atoms with Crippen molar-refractivity contribution in [2.24, 2.45) is 0 Å². The van der Waals surface area contributed by atoms with E-state index in [0.29, 0.717) is 11.3 Å². The van der Waals surface area contributed by atoms with Gasteiger partial charge in [0.2, 0.25) is 6.79 Å². The van der Waals surface area contributed by atoms with Gasteiger partial charge in [-0.2, -0.15) is 0 Å². The van der Waals surface area contributed by atoms with Gasteiger partial charge in [-0.3, -0.25) is 4.79 Å². The minimum Gasteiger partial charge on any atom is -0.454 e. The number of anilines is 1. The molecule has 0 aromatic heterocycles. The van der Waals surface area contributed by atoms with Crippen molar-refractivity contribution in [3.63, 3.8) is 0 Å². The monoisotopic (exact) mass is 343 g/mol. The van der Waals surface area contributed by atoms with E-state index in [4.69, 9.17) is 9.47 Å². The largest absolute Gasteiger partial charge is 0.454 e. The predicted molar refractivity (Wildman–Crippen MR) is 83.2 cm³/mol. The topological polar surface area (TPSA) is 47.6 Å². The highest BCUT2D eigenvalue weighted by molar-refractivity contribution is 9.10. The number of rotatable bonds is 1. The zero-order chi connectivity index (χ0) is 14.4. The maximum atomic E-state index is 12.1. The first-order valence-electron chi connectivity index (χ1n) is 6.43. The van der Waals surface area contributed by atoms with Crippen LogP contribution >= 0.6 is 15.9 Å². The highest BCUT2D eigenvalue weighted by Crippen LogP contribution is 2.37. The molecule has 4 rings (SSSR count). The van der Waals surface area contributed by atoms with Crippen LogP contribution in [0.4, 0.5) is 5.69 Å². The summed E-state index contributed by atoms with van der Waals surface area (Å²) >= 11 is 3.44. The molecular weight excluding hydrogens is 334 g/mol. The number of carbonyl (C=O) groups is 1. The zero-order valence-corrected chi connectivity index (χ0v) is 12.4. The number of hydrogen-bond donors (Lipinski definition) is 1. The number of halogens is 1. The van der Waals surface area contributed by atoms with E-state index in [-0.39, 0.29) is 12.7 Å². The Bertz CT molecular complexity index is 798. The second-order valence-electron chi connectivity index (χ2n) is 4.81. The van der Waals surface area contributed by atoms with Crippen LogP contribution in [0.1, 0.15) is 11.1 Å². The summed E-state index contributed by atoms with van der Waals surface area (Å²) in [6.07, 6.45) is 1.86. The molecule has 0 saturated heterocycles. The minimum absolute atomic E-state index is 0.0965. The molecule has 2 heterocycles. The van der Waals surface area contributed by atoms with Gasteiger partial charge < -0.3 is 14.8 Å². The predicted octanol–water partition coefficient (Wildman–Crippen LogP) is 3.67. The van der Waals surface area contributed by atoms with Gasteiger partial charge in [0.15, 0.2) is 11.5 Å². The summed E-state index contributed by atoms with van der Waals surface area (Å²) in [6, 6.07) is 11.4. The van der Waals surface area contributed by atoms with Crippen LogP contribution in [0, 0.1) is 0 Å². The first-order chi connectivity index (χ1) is 10.2. The number of ether oxygens (including phenoxy) is 2. The van der Waals surface area contributed by atoms with Gasteiger partial charge in [-0.05, 0) is 42.0 Å². The third-order valence-corrected chi connectivity index (χ3v) is 3.97. The molecule has 5 heteroatoms. The molecule has 2 aliphatic heterocycles. The van der Waals surface area contributed by atoms with E-state index in [1.165, 1.54) is 0 Å². The SMILES string of the molecule is O=C1Nc2ccc(Br)cc2/C1=C/c1ccc2c(c1)OCO2. The lowest BCUT2D eigenvalue weighted by Gasteiger charge is -2.01. The van der Waals surface area contributed by atoms with E-state index in [1.807, 2.05) is 42.5 Å². The molecule has 21 heavy (non-hydrogen) atoms. The molecule has 104 valence electrons. The zero-order valence-electron chi connectivity index (χ0n) is 10.9. The van der Waals surface area contributed by atoms with Crippen molar-refractivity contribution in [1.82, 2.24) is 0 Å². The maximum Gasteiger partial charge on any atom is 0.256 e. The van der Waals surface area contributed by atoms with E-state index in [0.717, 1.165) is 27.0 Å². The standard InChI is InChI=1S/C16H10BrNO3/c17-10-2-3-13-11(7-10)12(16(19)18-13)5-9-1-4-14-15(6-9)21-8-20-14/h1-7H,8H2,(H,18,19)/b12-5-. The summed E-state index contributed by atoms with van der Waals surface area (Å²) in [7, 11) is 0. The fraction of sp³-hybridized carbons (Fsp3) is 0.0625. The van der Waals surface area contributed by atoms with Gasteiger partial charge in [0, 0.05) is 21.3 Å². The van der Waals surface area contributed by atoms with Crippen LogP contribution in [-0.4, -0.2) is 12.7 Å². The molecule has 0 aliphatic carbocycles. The molecular formula is C16H10BrNO3. The smallest absolute Gasteiger partial charge is 0.256 e. The number of fused-ring (bicyclic) bond motifs is 2. The Balaban J connectivity index is 1.80. The molecule has 0 spiro atoms.